The smallest absolute Gasteiger partial charge is 0.457 e. The molecule has 0 spiro atoms. The molecule has 0 aliphatic heterocycles. The number of rotatable bonds is 43. The third-order valence-corrected chi connectivity index (χ3v) is 10.9. The highest BCUT2D eigenvalue weighted by Crippen LogP contribution is 2.43. The van der Waals surface area contributed by atoms with Crippen molar-refractivity contribution >= 4 is 13.8 Å². The average molecular weight is 825 g/mol. The zero-order valence-electron chi connectivity index (χ0n) is 37.8. The lowest BCUT2D eigenvalue weighted by Crippen LogP contribution is -2.37. The van der Waals surface area contributed by atoms with E-state index >= 15 is 0 Å². The van der Waals surface area contributed by atoms with Gasteiger partial charge in [-0.15, -0.1) is 0 Å². The highest BCUT2D eigenvalue weighted by Gasteiger charge is 2.26. The lowest BCUT2D eigenvalue weighted by atomic mass is 10.0. The van der Waals surface area contributed by atoms with Crippen LogP contribution in [-0.4, -0.2) is 75.6 Å². The van der Waals surface area contributed by atoms with Crippen LogP contribution in [0.3, 0.4) is 0 Å². The van der Waals surface area contributed by atoms with E-state index in [2.05, 4.69) is 62.5 Å². The molecule has 57 heavy (non-hydrogen) atoms. The zero-order chi connectivity index (χ0) is 42.0. The van der Waals surface area contributed by atoms with Crippen molar-refractivity contribution < 1.29 is 37.3 Å². The van der Waals surface area contributed by atoms with Crippen LogP contribution in [0.25, 0.3) is 0 Å². The van der Waals surface area contributed by atoms with Gasteiger partial charge in [0.05, 0.1) is 34.4 Å². The van der Waals surface area contributed by atoms with Gasteiger partial charge in [-0.2, -0.15) is 0 Å². The van der Waals surface area contributed by atoms with Gasteiger partial charge in [0.15, 0.2) is 0 Å². The van der Waals surface area contributed by atoms with Crippen molar-refractivity contribution in [3.63, 3.8) is 0 Å². The van der Waals surface area contributed by atoms with Crippen molar-refractivity contribution in [2.24, 2.45) is 0 Å². The molecule has 8 nitrogen and oxygen atoms in total. The number of allylic oxidation sites excluding steroid dienone is 8. The largest absolute Gasteiger partial charge is 0.472 e. The van der Waals surface area contributed by atoms with Crippen LogP contribution in [0.5, 0.6) is 0 Å². The summed E-state index contributed by atoms with van der Waals surface area (Å²) < 4.78 is 35.0. The molecule has 0 aromatic rings. The van der Waals surface area contributed by atoms with E-state index in [1.807, 2.05) is 21.1 Å². The van der Waals surface area contributed by atoms with Gasteiger partial charge in [0.25, 0.3) is 0 Å². The minimum atomic E-state index is -4.28. The molecular weight excluding hydrogens is 734 g/mol. The standard InChI is InChI=1S/C48H90NO7P/c1-6-8-10-12-14-16-18-20-22-24-25-26-27-29-31-33-35-37-39-41-48(50)56-47(46-55-57(51,52)54-44-42-49(3,4)5)45-53-43-40-38-36-34-32-30-28-23-21-19-17-15-13-11-9-7-2/h14,16,20,22,25-26,29,31,47H,6-13,15,17-19,21,23-24,27-28,30,32-46H2,1-5H3/p+1/b16-14-,22-20-,26-25-,31-29-/t47-/m1/s1. The van der Waals surface area contributed by atoms with E-state index in [1.54, 1.807) is 0 Å². The molecule has 0 aliphatic rings. The Morgan fingerprint density at radius 2 is 0.965 bits per heavy atom. The van der Waals surface area contributed by atoms with Crippen LogP contribution < -0.4 is 0 Å². The van der Waals surface area contributed by atoms with Crippen LogP contribution in [0.1, 0.15) is 194 Å². The topological polar surface area (TPSA) is 91.3 Å². The van der Waals surface area contributed by atoms with E-state index in [9.17, 15) is 14.3 Å². The Morgan fingerprint density at radius 3 is 1.46 bits per heavy atom. The van der Waals surface area contributed by atoms with Crippen LogP contribution in [-0.2, 0) is 27.9 Å². The molecule has 2 atom stereocenters. The Bertz CT molecular complexity index is 1050. The number of carbonyl (C=O) groups is 1. The number of quaternary nitrogens is 1. The quantitative estimate of drug-likeness (QED) is 0.0215. The summed E-state index contributed by atoms with van der Waals surface area (Å²) in [5, 5.41) is 0. The van der Waals surface area contributed by atoms with Crippen LogP contribution in [0.4, 0.5) is 0 Å². The van der Waals surface area contributed by atoms with Gasteiger partial charge in [-0.05, 0) is 57.8 Å². The van der Waals surface area contributed by atoms with Gasteiger partial charge in [0, 0.05) is 13.0 Å². The first-order chi connectivity index (χ1) is 27.6. The Morgan fingerprint density at radius 1 is 0.544 bits per heavy atom. The lowest BCUT2D eigenvalue weighted by molar-refractivity contribution is -0.870. The SMILES string of the molecule is CCCCC/C=C\C/C=C\C/C=C\C/C=C\CCCCCC(=O)O[C@H](COCCCCCCCCCCCCCCCCCC)COP(=O)(O)OCC[N+](C)(C)C. The summed E-state index contributed by atoms with van der Waals surface area (Å²) in [6.07, 6.45) is 50.0. The summed E-state index contributed by atoms with van der Waals surface area (Å²) in [6.45, 7) is 5.57. The highest BCUT2D eigenvalue weighted by molar-refractivity contribution is 7.47. The van der Waals surface area contributed by atoms with Gasteiger partial charge in [0.2, 0.25) is 0 Å². The molecular formula is C48H91NO7P+. The van der Waals surface area contributed by atoms with E-state index < -0.39 is 13.9 Å². The fourth-order valence-electron chi connectivity index (χ4n) is 6.24. The normalized spacial score (nSPS) is 14.1. The second-order valence-electron chi connectivity index (χ2n) is 16.8. The van der Waals surface area contributed by atoms with Crippen LogP contribution in [0.15, 0.2) is 48.6 Å². The number of ether oxygens (including phenoxy) is 2. The number of phosphoric acid groups is 1. The number of esters is 1. The molecule has 0 aromatic heterocycles. The van der Waals surface area contributed by atoms with Gasteiger partial charge in [0.1, 0.15) is 19.3 Å². The molecule has 0 aliphatic carbocycles. The molecule has 1 unspecified atom stereocenters. The van der Waals surface area contributed by atoms with E-state index in [-0.39, 0.29) is 25.8 Å². The summed E-state index contributed by atoms with van der Waals surface area (Å²) in [5.74, 6) is -0.342. The van der Waals surface area contributed by atoms with Crippen molar-refractivity contribution in [3.8, 4) is 0 Å². The third kappa shape index (κ3) is 45.4. The number of nitrogens with zero attached hydrogens (tertiary/aromatic N) is 1. The molecule has 0 saturated heterocycles. The molecule has 0 fully saturated rings. The maximum atomic E-state index is 12.7. The lowest BCUT2D eigenvalue weighted by Gasteiger charge is -2.24. The molecule has 0 bridgehead atoms. The maximum absolute atomic E-state index is 12.7. The van der Waals surface area contributed by atoms with Crippen LogP contribution in [0.2, 0.25) is 0 Å². The molecule has 1 N–H and O–H groups in total. The Balaban J connectivity index is 4.27. The van der Waals surface area contributed by atoms with Gasteiger partial charge in [-0.1, -0.05) is 178 Å². The number of phosphoric ester groups is 1. The average Bonchev–Trinajstić information content (AvgIpc) is 3.16. The minimum absolute atomic E-state index is 0.0819. The number of unbranched alkanes of at least 4 members (excludes halogenated alkanes) is 21. The first kappa shape index (κ1) is 55.5. The minimum Gasteiger partial charge on any atom is -0.457 e. The van der Waals surface area contributed by atoms with E-state index in [0.29, 0.717) is 24.1 Å². The maximum Gasteiger partial charge on any atom is 0.472 e. The zero-order valence-corrected chi connectivity index (χ0v) is 38.7. The number of hydrogen-bond acceptors (Lipinski definition) is 6. The molecule has 9 heteroatoms. The van der Waals surface area contributed by atoms with E-state index in [4.69, 9.17) is 18.5 Å². The second kappa shape index (κ2) is 41.2. The Kier molecular flexibility index (Phi) is 40.1. The summed E-state index contributed by atoms with van der Waals surface area (Å²) >= 11 is 0. The van der Waals surface area contributed by atoms with Crippen LogP contribution >= 0.6 is 7.82 Å². The van der Waals surface area contributed by atoms with Gasteiger partial charge in [-0.25, -0.2) is 4.57 Å². The fraction of sp³-hybridized carbons (Fsp3) is 0.812. The fourth-order valence-corrected chi connectivity index (χ4v) is 6.98. The van der Waals surface area contributed by atoms with E-state index in [0.717, 1.165) is 57.8 Å². The second-order valence-corrected chi connectivity index (χ2v) is 18.2. The van der Waals surface area contributed by atoms with Crippen molar-refractivity contribution in [2.45, 2.75) is 200 Å². The van der Waals surface area contributed by atoms with Gasteiger partial charge in [-0.3, -0.25) is 13.8 Å². The Labute approximate surface area is 352 Å². The molecule has 334 valence electrons. The molecule has 0 saturated carbocycles. The summed E-state index contributed by atoms with van der Waals surface area (Å²) in [6, 6.07) is 0. The number of carbonyl (C=O) groups excluding carboxylic acids is 1. The molecule has 0 rings (SSSR count). The summed E-state index contributed by atoms with van der Waals surface area (Å²) in [7, 11) is 1.65. The van der Waals surface area contributed by atoms with Gasteiger partial charge >= 0.3 is 13.8 Å². The van der Waals surface area contributed by atoms with E-state index in [1.165, 1.54) is 116 Å². The Hall–Kier alpha value is -1.54. The van der Waals surface area contributed by atoms with Crippen molar-refractivity contribution in [1.29, 1.82) is 0 Å². The summed E-state index contributed by atoms with van der Waals surface area (Å²) in [4.78, 5) is 22.9. The first-order valence-electron chi connectivity index (χ1n) is 23.4. The molecule has 0 radical (unpaired) electrons. The molecule has 0 amide bonds. The number of hydrogen-bond donors (Lipinski definition) is 1. The molecule has 0 heterocycles. The van der Waals surface area contributed by atoms with Crippen LogP contribution in [0, 0.1) is 0 Å². The predicted molar refractivity (Wildman–Crippen MR) is 243 cm³/mol. The highest BCUT2D eigenvalue weighted by atomic mass is 31.2. The van der Waals surface area contributed by atoms with Gasteiger partial charge < -0.3 is 18.9 Å². The predicted octanol–water partition coefficient (Wildman–Crippen LogP) is 13.9. The van der Waals surface area contributed by atoms with Crippen molar-refractivity contribution in [2.75, 3.05) is 54.1 Å². The number of likely N-dealkylation sites (N-methyl/N-ethyl adjacent to an activating group) is 1. The van der Waals surface area contributed by atoms with Crippen molar-refractivity contribution in [3.05, 3.63) is 48.6 Å². The monoisotopic (exact) mass is 825 g/mol. The third-order valence-electron chi connectivity index (χ3n) is 9.89. The first-order valence-corrected chi connectivity index (χ1v) is 24.9. The molecule has 0 aromatic carbocycles. The van der Waals surface area contributed by atoms with Crippen molar-refractivity contribution in [1.82, 2.24) is 0 Å². The summed E-state index contributed by atoms with van der Waals surface area (Å²) in [5.41, 5.74) is 0.